The van der Waals surface area contributed by atoms with E-state index >= 15 is 0 Å². The van der Waals surface area contributed by atoms with E-state index in [9.17, 15) is 5.11 Å². The number of nitrogens with zero attached hydrogens (tertiary/aromatic N) is 1. The second kappa shape index (κ2) is 6.57. The lowest BCUT2D eigenvalue weighted by Gasteiger charge is -2.25. The van der Waals surface area contributed by atoms with Crippen LogP contribution < -0.4 is 10.1 Å². The van der Waals surface area contributed by atoms with E-state index in [1.54, 1.807) is 13.3 Å². The van der Waals surface area contributed by atoms with Crippen molar-refractivity contribution in [1.29, 1.82) is 0 Å². The van der Waals surface area contributed by atoms with E-state index < -0.39 is 0 Å². The molecule has 0 aliphatic rings. The Morgan fingerprint density at radius 2 is 2.29 bits per heavy atom. The average Bonchev–Trinajstić information content (AvgIpc) is 2.39. The summed E-state index contributed by atoms with van der Waals surface area (Å²) in [5, 5.41) is 12.6. The third kappa shape index (κ3) is 4.32. The average molecular weight is 238 g/mol. The molecule has 1 unspecified atom stereocenters. The monoisotopic (exact) mass is 238 g/mol. The van der Waals surface area contributed by atoms with E-state index in [0.717, 1.165) is 25.1 Å². The molecule has 0 saturated carbocycles. The molecule has 1 atom stereocenters. The highest BCUT2D eigenvalue weighted by atomic mass is 16.5. The van der Waals surface area contributed by atoms with Crippen molar-refractivity contribution in [2.24, 2.45) is 5.41 Å². The summed E-state index contributed by atoms with van der Waals surface area (Å²) in [7, 11) is 1.61. The van der Waals surface area contributed by atoms with Gasteiger partial charge in [-0.25, -0.2) is 4.98 Å². The van der Waals surface area contributed by atoms with Crippen molar-refractivity contribution in [3.63, 3.8) is 0 Å². The van der Waals surface area contributed by atoms with Crippen molar-refractivity contribution in [1.82, 2.24) is 10.3 Å². The van der Waals surface area contributed by atoms with Crippen molar-refractivity contribution in [2.75, 3.05) is 20.3 Å². The predicted molar refractivity (Wildman–Crippen MR) is 68.0 cm³/mol. The van der Waals surface area contributed by atoms with Crippen molar-refractivity contribution >= 4 is 0 Å². The van der Waals surface area contributed by atoms with Crippen molar-refractivity contribution in [2.45, 2.75) is 26.8 Å². The molecule has 0 radical (unpaired) electrons. The Kier molecular flexibility index (Phi) is 5.38. The third-order valence-corrected chi connectivity index (χ3v) is 3.12. The highest BCUT2D eigenvalue weighted by molar-refractivity contribution is 5.20. The quantitative estimate of drug-likeness (QED) is 0.757. The first-order valence-corrected chi connectivity index (χ1v) is 5.94. The maximum atomic E-state index is 9.29. The first-order valence-electron chi connectivity index (χ1n) is 5.94. The Hall–Kier alpha value is -1.13. The lowest BCUT2D eigenvalue weighted by atomic mass is 9.88. The molecule has 0 aliphatic carbocycles. The molecular weight excluding hydrogens is 216 g/mol. The molecule has 0 aliphatic heterocycles. The summed E-state index contributed by atoms with van der Waals surface area (Å²) in [6.07, 6.45) is 2.69. The van der Waals surface area contributed by atoms with Gasteiger partial charge in [-0.3, -0.25) is 0 Å². The van der Waals surface area contributed by atoms with Crippen LogP contribution in [0.15, 0.2) is 18.3 Å². The molecule has 0 fully saturated rings. The summed E-state index contributed by atoms with van der Waals surface area (Å²) >= 11 is 0. The summed E-state index contributed by atoms with van der Waals surface area (Å²) in [4.78, 5) is 4.06. The van der Waals surface area contributed by atoms with E-state index in [-0.39, 0.29) is 12.0 Å². The summed E-state index contributed by atoms with van der Waals surface area (Å²) in [5.74, 6) is 0.629. The standard InChI is InChI=1S/C13H22N2O2/c1-4-13(2,10-16)9-14-8-11-5-6-15-12(7-11)17-3/h5-7,14,16H,4,8-10H2,1-3H3. The first kappa shape index (κ1) is 13.9. The Bertz CT molecular complexity index is 338. The van der Waals surface area contributed by atoms with Crippen LogP contribution in [-0.2, 0) is 6.54 Å². The Morgan fingerprint density at radius 1 is 1.53 bits per heavy atom. The van der Waals surface area contributed by atoms with Crippen LogP contribution in [0.3, 0.4) is 0 Å². The van der Waals surface area contributed by atoms with E-state index in [2.05, 4.69) is 24.1 Å². The second-order valence-electron chi connectivity index (χ2n) is 4.63. The zero-order chi connectivity index (χ0) is 12.7. The number of aliphatic hydroxyl groups excluding tert-OH is 1. The topological polar surface area (TPSA) is 54.4 Å². The van der Waals surface area contributed by atoms with Gasteiger partial charge in [-0.15, -0.1) is 0 Å². The minimum absolute atomic E-state index is 0.0445. The molecule has 4 heteroatoms. The lowest BCUT2D eigenvalue weighted by Crippen LogP contribution is -2.34. The number of aliphatic hydroxyl groups is 1. The highest BCUT2D eigenvalue weighted by Crippen LogP contribution is 2.18. The predicted octanol–water partition coefficient (Wildman–Crippen LogP) is 1.59. The number of ether oxygens (including phenoxy) is 1. The normalized spacial score (nSPS) is 14.4. The van der Waals surface area contributed by atoms with Crippen LogP contribution in [-0.4, -0.2) is 30.4 Å². The van der Waals surface area contributed by atoms with E-state index in [4.69, 9.17) is 4.74 Å². The van der Waals surface area contributed by atoms with Gasteiger partial charge >= 0.3 is 0 Å². The van der Waals surface area contributed by atoms with Crippen LogP contribution in [0.1, 0.15) is 25.8 Å². The summed E-state index contributed by atoms with van der Waals surface area (Å²) < 4.78 is 5.07. The number of nitrogens with one attached hydrogen (secondary N) is 1. The molecule has 17 heavy (non-hydrogen) atoms. The van der Waals surface area contributed by atoms with Crippen LogP contribution in [0.25, 0.3) is 0 Å². The minimum atomic E-state index is -0.0445. The Labute approximate surface area is 103 Å². The van der Waals surface area contributed by atoms with Gasteiger partial charge in [-0.2, -0.15) is 0 Å². The smallest absolute Gasteiger partial charge is 0.213 e. The number of pyridine rings is 1. The molecule has 0 saturated heterocycles. The summed E-state index contributed by atoms with van der Waals surface area (Å²) in [5.41, 5.74) is 1.09. The Balaban J connectivity index is 2.45. The van der Waals surface area contributed by atoms with Gasteiger partial charge in [0, 0.05) is 37.4 Å². The largest absolute Gasteiger partial charge is 0.481 e. The number of rotatable bonds is 7. The molecule has 0 amide bonds. The SMILES string of the molecule is CCC(C)(CO)CNCc1ccnc(OC)c1. The number of methoxy groups -OCH3 is 1. The Morgan fingerprint density at radius 3 is 2.88 bits per heavy atom. The van der Waals surface area contributed by atoms with Gasteiger partial charge in [0.1, 0.15) is 0 Å². The number of hydrogen-bond donors (Lipinski definition) is 2. The van der Waals surface area contributed by atoms with Crippen molar-refractivity contribution in [3.8, 4) is 5.88 Å². The van der Waals surface area contributed by atoms with Crippen LogP contribution >= 0.6 is 0 Å². The van der Waals surface area contributed by atoms with E-state index in [1.165, 1.54) is 0 Å². The molecule has 1 aromatic rings. The molecule has 0 aromatic carbocycles. The minimum Gasteiger partial charge on any atom is -0.481 e. The molecule has 96 valence electrons. The summed E-state index contributed by atoms with van der Waals surface area (Å²) in [6.45, 7) is 5.93. The fourth-order valence-corrected chi connectivity index (χ4v) is 1.47. The molecule has 4 nitrogen and oxygen atoms in total. The summed E-state index contributed by atoms with van der Waals surface area (Å²) in [6, 6.07) is 3.87. The van der Waals surface area contributed by atoms with Crippen LogP contribution in [0.4, 0.5) is 0 Å². The zero-order valence-electron chi connectivity index (χ0n) is 10.9. The first-order chi connectivity index (χ1) is 8.13. The molecule has 2 N–H and O–H groups in total. The molecule has 1 aromatic heterocycles. The maximum absolute atomic E-state index is 9.29. The van der Waals surface area contributed by atoms with Gasteiger partial charge in [-0.1, -0.05) is 13.8 Å². The van der Waals surface area contributed by atoms with Crippen LogP contribution in [0.2, 0.25) is 0 Å². The van der Waals surface area contributed by atoms with Gasteiger partial charge in [0.2, 0.25) is 5.88 Å². The molecule has 0 spiro atoms. The number of hydrogen-bond acceptors (Lipinski definition) is 4. The van der Waals surface area contributed by atoms with Crippen LogP contribution in [0.5, 0.6) is 5.88 Å². The zero-order valence-corrected chi connectivity index (χ0v) is 10.9. The van der Waals surface area contributed by atoms with Gasteiger partial charge in [0.05, 0.1) is 7.11 Å². The van der Waals surface area contributed by atoms with E-state index in [1.807, 2.05) is 12.1 Å². The van der Waals surface area contributed by atoms with Crippen LogP contribution in [0, 0.1) is 5.41 Å². The second-order valence-corrected chi connectivity index (χ2v) is 4.63. The van der Waals surface area contributed by atoms with Crippen molar-refractivity contribution in [3.05, 3.63) is 23.9 Å². The van der Waals surface area contributed by atoms with E-state index in [0.29, 0.717) is 5.88 Å². The maximum Gasteiger partial charge on any atom is 0.213 e. The van der Waals surface area contributed by atoms with Gasteiger partial charge in [0.25, 0.3) is 0 Å². The molecular formula is C13H22N2O2. The highest BCUT2D eigenvalue weighted by Gasteiger charge is 2.19. The third-order valence-electron chi connectivity index (χ3n) is 3.12. The van der Waals surface area contributed by atoms with Gasteiger partial charge in [-0.05, 0) is 18.1 Å². The molecule has 1 rings (SSSR count). The van der Waals surface area contributed by atoms with Gasteiger partial charge in [0.15, 0.2) is 0 Å². The number of aromatic nitrogens is 1. The van der Waals surface area contributed by atoms with Gasteiger partial charge < -0.3 is 15.2 Å². The molecule has 1 heterocycles. The lowest BCUT2D eigenvalue weighted by molar-refractivity contribution is 0.135. The van der Waals surface area contributed by atoms with Crippen molar-refractivity contribution < 1.29 is 9.84 Å². The fourth-order valence-electron chi connectivity index (χ4n) is 1.47. The fraction of sp³-hybridized carbons (Fsp3) is 0.615. The molecule has 0 bridgehead atoms.